The van der Waals surface area contributed by atoms with Gasteiger partial charge in [0.25, 0.3) is 0 Å². The van der Waals surface area contributed by atoms with E-state index in [2.05, 4.69) is 91.0 Å². The van der Waals surface area contributed by atoms with Gasteiger partial charge in [0.15, 0.2) is 0 Å². The molecular weight excluding hydrogens is 348 g/mol. The molecule has 0 aliphatic carbocycles. The lowest BCUT2D eigenvalue weighted by atomic mass is 9.91. The largest absolute Gasteiger partial charge is 0.0843 e. The zero-order valence-electron chi connectivity index (χ0n) is 14.7. The van der Waals surface area contributed by atoms with Crippen molar-refractivity contribution in [3.05, 3.63) is 108 Å². The van der Waals surface area contributed by atoms with Gasteiger partial charge in [0.05, 0.1) is 0 Å². The highest BCUT2D eigenvalue weighted by molar-refractivity contribution is 6.30. The zero-order valence-corrected chi connectivity index (χ0v) is 15.4. The highest BCUT2D eigenvalue weighted by Gasteiger charge is 2.10. The topological polar surface area (TPSA) is 0 Å². The monoisotopic (exact) mass is 364 g/mol. The smallest absolute Gasteiger partial charge is 0.0406 e. The van der Waals surface area contributed by atoms with Crippen molar-refractivity contribution >= 4 is 33.1 Å². The van der Waals surface area contributed by atoms with E-state index in [1.54, 1.807) is 0 Å². The van der Waals surface area contributed by atoms with Gasteiger partial charge in [-0.1, -0.05) is 90.5 Å². The Kier molecular flexibility index (Phi) is 3.92. The third-order valence-corrected chi connectivity index (χ3v) is 5.37. The van der Waals surface area contributed by atoms with Crippen LogP contribution in [-0.2, 0) is 0 Å². The Bertz CT molecular complexity index is 1250. The average Bonchev–Trinajstić information content (AvgIpc) is 2.74. The molecule has 0 fully saturated rings. The van der Waals surface area contributed by atoms with Crippen LogP contribution in [-0.4, -0.2) is 0 Å². The Balaban J connectivity index is 1.84. The molecule has 0 aliphatic heterocycles. The first kappa shape index (κ1) is 16.1. The van der Waals surface area contributed by atoms with Gasteiger partial charge in [-0.3, -0.25) is 0 Å². The van der Waals surface area contributed by atoms with Crippen LogP contribution in [0, 0.1) is 0 Å². The summed E-state index contributed by atoms with van der Waals surface area (Å²) in [5.41, 5.74) is 4.88. The summed E-state index contributed by atoms with van der Waals surface area (Å²) in [4.78, 5) is 0. The Labute approximate surface area is 163 Å². The fourth-order valence-corrected chi connectivity index (χ4v) is 3.91. The normalized spacial score (nSPS) is 11.1. The Morgan fingerprint density at radius 2 is 1.15 bits per heavy atom. The van der Waals surface area contributed by atoms with E-state index >= 15 is 0 Å². The van der Waals surface area contributed by atoms with Crippen LogP contribution >= 0.6 is 11.6 Å². The van der Waals surface area contributed by atoms with Gasteiger partial charge in [0.1, 0.15) is 0 Å². The van der Waals surface area contributed by atoms with Crippen LogP contribution in [0.5, 0.6) is 0 Å². The number of hydrogen-bond acceptors (Lipinski definition) is 0. The third-order valence-electron chi connectivity index (χ3n) is 5.12. The van der Waals surface area contributed by atoms with Gasteiger partial charge in [0, 0.05) is 5.02 Å². The highest BCUT2D eigenvalue weighted by Crippen LogP contribution is 2.37. The molecule has 5 aromatic rings. The number of fused-ring (bicyclic) bond motifs is 3. The van der Waals surface area contributed by atoms with Gasteiger partial charge in [-0.2, -0.15) is 0 Å². The average molecular weight is 365 g/mol. The van der Waals surface area contributed by atoms with Gasteiger partial charge >= 0.3 is 0 Å². The molecule has 0 unspecified atom stereocenters. The van der Waals surface area contributed by atoms with Crippen molar-refractivity contribution in [2.75, 3.05) is 0 Å². The van der Waals surface area contributed by atoms with Crippen LogP contribution in [0.2, 0.25) is 5.02 Å². The second-order valence-corrected chi connectivity index (χ2v) is 7.21. The first-order valence-electron chi connectivity index (χ1n) is 9.06. The molecule has 0 heterocycles. The summed E-state index contributed by atoms with van der Waals surface area (Å²) in [5.74, 6) is 0. The summed E-state index contributed by atoms with van der Waals surface area (Å²) in [6, 6.07) is 36.3. The maximum atomic E-state index is 6.06. The minimum absolute atomic E-state index is 0.760. The molecule has 0 saturated carbocycles. The summed E-state index contributed by atoms with van der Waals surface area (Å²) in [6.45, 7) is 0. The molecule has 0 saturated heterocycles. The number of benzene rings is 5. The molecule has 0 nitrogen and oxygen atoms in total. The first-order valence-corrected chi connectivity index (χ1v) is 9.44. The minimum Gasteiger partial charge on any atom is -0.0843 e. The Hall–Kier alpha value is -3.09. The van der Waals surface area contributed by atoms with Crippen molar-refractivity contribution in [2.24, 2.45) is 0 Å². The molecule has 5 aromatic carbocycles. The second kappa shape index (κ2) is 6.57. The number of hydrogen-bond donors (Lipinski definition) is 0. The van der Waals surface area contributed by atoms with Crippen molar-refractivity contribution in [1.82, 2.24) is 0 Å². The second-order valence-electron chi connectivity index (χ2n) is 6.78. The molecule has 0 spiro atoms. The molecule has 0 aliphatic rings. The van der Waals surface area contributed by atoms with Gasteiger partial charge in [-0.25, -0.2) is 0 Å². The molecule has 0 amide bonds. The molecule has 1 heteroatoms. The molecule has 0 radical (unpaired) electrons. The van der Waals surface area contributed by atoms with E-state index in [1.165, 1.54) is 43.8 Å². The summed E-state index contributed by atoms with van der Waals surface area (Å²) < 4.78 is 0. The molecule has 0 atom stereocenters. The van der Waals surface area contributed by atoms with E-state index in [0.717, 1.165) is 5.02 Å². The van der Waals surface area contributed by atoms with E-state index in [9.17, 15) is 0 Å². The van der Waals surface area contributed by atoms with Crippen molar-refractivity contribution in [3.8, 4) is 22.3 Å². The zero-order chi connectivity index (χ0) is 18.2. The quantitative estimate of drug-likeness (QED) is 0.278. The summed E-state index contributed by atoms with van der Waals surface area (Å²) in [6.07, 6.45) is 0. The molecule has 0 N–H and O–H groups in total. The lowest BCUT2D eigenvalue weighted by Crippen LogP contribution is -1.86. The van der Waals surface area contributed by atoms with E-state index in [4.69, 9.17) is 11.6 Å². The van der Waals surface area contributed by atoms with Gasteiger partial charge in [0.2, 0.25) is 0 Å². The van der Waals surface area contributed by atoms with E-state index in [-0.39, 0.29) is 0 Å². The number of rotatable bonds is 2. The SMILES string of the molecule is Clc1ccc(-c2ccc3c(c2)c(-c2ccccc2)cc2ccccc23)cc1. The summed E-state index contributed by atoms with van der Waals surface area (Å²) >= 11 is 6.06. The number of halogens is 1. The molecule has 128 valence electrons. The lowest BCUT2D eigenvalue weighted by molar-refractivity contribution is 1.63. The van der Waals surface area contributed by atoms with Crippen LogP contribution in [0.3, 0.4) is 0 Å². The molecule has 5 rings (SSSR count). The van der Waals surface area contributed by atoms with Gasteiger partial charge < -0.3 is 0 Å². The third kappa shape index (κ3) is 2.89. The van der Waals surface area contributed by atoms with Crippen LogP contribution in [0.15, 0.2) is 103 Å². The Morgan fingerprint density at radius 3 is 1.96 bits per heavy atom. The Morgan fingerprint density at radius 1 is 0.444 bits per heavy atom. The lowest BCUT2D eigenvalue weighted by Gasteiger charge is -2.13. The van der Waals surface area contributed by atoms with Crippen LogP contribution in [0.25, 0.3) is 43.8 Å². The fraction of sp³-hybridized carbons (Fsp3) is 0. The standard InChI is InChI=1S/C26H17Cl/c27-22-13-10-18(11-14-22)20-12-15-24-23-9-5-4-8-21(23)17-25(26(24)16-20)19-6-2-1-3-7-19/h1-17H. The van der Waals surface area contributed by atoms with Crippen molar-refractivity contribution in [3.63, 3.8) is 0 Å². The summed E-state index contributed by atoms with van der Waals surface area (Å²) in [7, 11) is 0. The highest BCUT2D eigenvalue weighted by atomic mass is 35.5. The van der Waals surface area contributed by atoms with Crippen LogP contribution in [0.1, 0.15) is 0 Å². The van der Waals surface area contributed by atoms with E-state index in [1.807, 2.05) is 12.1 Å². The predicted octanol–water partition coefficient (Wildman–Crippen LogP) is 7.98. The minimum atomic E-state index is 0.760. The van der Waals surface area contributed by atoms with Gasteiger partial charge in [-0.15, -0.1) is 0 Å². The summed E-state index contributed by atoms with van der Waals surface area (Å²) in [5, 5.41) is 5.87. The molecular formula is C26H17Cl. The van der Waals surface area contributed by atoms with Crippen molar-refractivity contribution < 1.29 is 0 Å². The first-order chi connectivity index (χ1) is 13.3. The van der Waals surface area contributed by atoms with Crippen molar-refractivity contribution in [2.45, 2.75) is 0 Å². The van der Waals surface area contributed by atoms with E-state index in [0.29, 0.717) is 0 Å². The van der Waals surface area contributed by atoms with Crippen LogP contribution in [0.4, 0.5) is 0 Å². The molecule has 27 heavy (non-hydrogen) atoms. The predicted molar refractivity (Wildman–Crippen MR) is 117 cm³/mol. The molecule has 0 bridgehead atoms. The van der Waals surface area contributed by atoms with E-state index < -0.39 is 0 Å². The van der Waals surface area contributed by atoms with Crippen LogP contribution < -0.4 is 0 Å². The maximum Gasteiger partial charge on any atom is 0.0406 e. The van der Waals surface area contributed by atoms with Crippen molar-refractivity contribution in [1.29, 1.82) is 0 Å². The fourth-order valence-electron chi connectivity index (χ4n) is 3.78. The van der Waals surface area contributed by atoms with Gasteiger partial charge in [-0.05, 0) is 68.1 Å². The maximum absolute atomic E-state index is 6.06. The molecule has 0 aromatic heterocycles.